The van der Waals surface area contributed by atoms with Gasteiger partial charge in [0, 0.05) is 45.2 Å². The molecule has 1 aromatic carbocycles. The first kappa shape index (κ1) is 15.3. The normalized spacial score (nSPS) is 24.1. The molecule has 0 unspecified atom stereocenters. The third-order valence-corrected chi connectivity index (χ3v) is 4.99. The highest BCUT2D eigenvalue weighted by Gasteiger charge is 2.27. The minimum absolute atomic E-state index is 0.246. The molecule has 120 valence electrons. The van der Waals surface area contributed by atoms with Crippen LogP contribution >= 0.6 is 0 Å². The molecule has 22 heavy (non-hydrogen) atoms. The molecular weight excluding hydrogens is 274 g/mol. The van der Waals surface area contributed by atoms with Crippen LogP contribution < -0.4 is 0 Å². The minimum atomic E-state index is 0.246. The van der Waals surface area contributed by atoms with E-state index in [2.05, 4.69) is 47.2 Å². The van der Waals surface area contributed by atoms with E-state index in [1.165, 1.54) is 18.4 Å². The molecule has 4 heteroatoms. The molecule has 4 nitrogen and oxygen atoms in total. The molecule has 0 bridgehead atoms. The van der Waals surface area contributed by atoms with Crippen molar-refractivity contribution in [3.05, 3.63) is 35.9 Å². The van der Waals surface area contributed by atoms with Gasteiger partial charge in [0.05, 0.1) is 0 Å². The van der Waals surface area contributed by atoms with Gasteiger partial charge in [-0.05, 0) is 25.5 Å². The number of hydrogen-bond acceptors (Lipinski definition) is 2. The van der Waals surface area contributed by atoms with Crippen LogP contribution in [0.2, 0.25) is 0 Å². The van der Waals surface area contributed by atoms with Gasteiger partial charge in [0.2, 0.25) is 0 Å². The molecule has 2 saturated heterocycles. The number of piperazine rings is 1. The van der Waals surface area contributed by atoms with Crippen molar-refractivity contribution in [2.45, 2.75) is 25.2 Å². The third-order valence-electron chi connectivity index (χ3n) is 4.99. The molecule has 2 fully saturated rings. The lowest BCUT2D eigenvalue weighted by molar-refractivity contribution is 0.122. The summed E-state index contributed by atoms with van der Waals surface area (Å²) in [6.07, 6.45) is 3.53. The Labute approximate surface area is 133 Å². The van der Waals surface area contributed by atoms with Crippen LogP contribution in [0.5, 0.6) is 0 Å². The summed E-state index contributed by atoms with van der Waals surface area (Å²) >= 11 is 0. The molecule has 0 aliphatic carbocycles. The molecule has 0 saturated carbocycles. The average molecular weight is 301 g/mol. The molecule has 2 aliphatic heterocycles. The van der Waals surface area contributed by atoms with E-state index in [4.69, 9.17) is 0 Å². The van der Waals surface area contributed by atoms with Crippen LogP contribution in [0, 0.1) is 0 Å². The van der Waals surface area contributed by atoms with E-state index in [1.54, 1.807) is 0 Å². The Morgan fingerprint density at radius 2 is 1.68 bits per heavy atom. The zero-order valence-corrected chi connectivity index (χ0v) is 13.6. The van der Waals surface area contributed by atoms with Gasteiger partial charge in [-0.3, -0.25) is 0 Å². The molecular formula is C18H27N3O. The smallest absolute Gasteiger partial charge is 0.320 e. The fraction of sp³-hybridized carbons (Fsp3) is 0.611. The van der Waals surface area contributed by atoms with Crippen molar-refractivity contribution in [2.75, 3.05) is 46.3 Å². The Morgan fingerprint density at radius 3 is 2.41 bits per heavy atom. The summed E-state index contributed by atoms with van der Waals surface area (Å²) in [4.78, 5) is 19.2. The zero-order chi connectivity index (χ0) is 15.4. The molecule has 0 radical (unpaired) electrons. The van der Waals surface area contributed by atoms with Gasteiger partial charge in [0.25, 0.3) is 0 Å². The first-order chi connectivity index (χ1) is 10.7. The van der Waals surface area contributed by atoms with Crippen molar-refractivity contribution in [2.24, 2.45) is 0 Å². The maximum absolute atomic E-state index is 12.8. The van der Waals surface area contributed by atoms with Crippen LogP contribution in [0.25, 0.3) is 0 Å². The predicted molar refractivity (Wildman–Crippen MR) is 89.1 cm³/mol. The number of likely N-dealkylation sites (tertiary alicyclic amines) is 1. The lowest BCUT2D eigenvalue weighted by Gasteiger charge is -2.36. The van der Waals surface area contributed by atoms with Crippen LogP contribution in [0.1, 0.15) is 30.7 Å². The fourth-order valence-corrected chi connectivity index (χ4v) is 3.51. The maximum Gasteiger partial charge on any atom is 0.320 e. The van der Waals surface area contributed by atoms with Crippen molar-refractivity contribution >= 4 is 6.03 Å². The summed E-state index contributed by atoms with van der Waals surface area (Å²) in [5.74, 6) is 0.486. The maximum atomic E-state index is 12.8. The van der Waals surface area contributed by atoms with Gasteiger partial charge in [-0.25, -0.2) is 4.79 Å². The Bertz CT molecular complexity index is 482. The quantitative estimate of drug-likeness (QED) is 0.797. The highest BCUT2D eigenvalue weighted by molar-refractivity contribution is 5.74. The summed E-state index contributed by atoms with van der Waals surface area (Å²) in [5, 5.41) is 0. The van der Waals surface area contributed by atoms with Gasteiger partial charge in [-0.15, -0.1) is 0 Å². The van der Waals surface area contributed by atoms with Crippen LogP contribution in [0.3, 0.4) is 0 Å². The summed E-state index contributed by atoms with van der Waals surface area (Å²) in [5.41, 5.74) is 1.38. The molecule has 2 amide bonds. The van der Waals surface area contributed by atoms with E-state index in [9.17, 15) is 4.79 Å². The number of urea groups is 1. The summed E-state index contributed by atoms with van der Waals surface area (Å²) < 4.78 is 0. The van der Waals surface area contributed by atoms with Gasteiger partial charge in [-0.2, -0.15) is 0 Å². The second-order valence-corrected chi connectivity index (χ2v) is 6.62. The number of amides is 2. The topological polar surface area (TPSA) is 26.8 Å². The van der Waals surface area contributed by atoms with Crippen LogP contribution in [-0.4, -0.2) is 67.0 Å². The molecule has 0 spiro atoms. The highest BCUT2D eigenvalue weighted by Crippen LogP contribution is 2.27. The molecule has 0 aromatic heterocycles. The second kappa shape index (κ2) is 7.14. The zero-order valence-electron chi connectivity index (χ0n) is 13.6. The van der Waals surface area contributed by atoms with Crippen molar-refractivity contribution in [1.82, 2.24) is 14.7 Å². The minimum Gasteiger partial charge on any atom is -0.324 e. The number of carbonyl (C=O) groups is 1. The van der Waals surface area contributed by atoms with Crippen LogP contribution in [0.15, 0.2) is 30.3 Å². The van der Waals surface area contributed by atoms with Crippen molar-refractivity contribution < 1.29 is 4.79 Å². The molecule has 1 atom stereocenters. The summed E-state index contributed by atoms with van der Waals surface area (Å²) in [6, 6.07) is 10.9. The van der Waals surface area contributed by atoms with E-state index < -0.39 is 0 Å². The van der Waals surface area contributed by atoms with E-state index in [0.29, 0.717) is 5.92 Å². The van der Waals surface area contributed by atoms with Gasteiger partial charge in [0.15, 0.2) is 0 Å². The van der Waals surface area contributed by atoms with E-state index in [0.717, 1.165) is 45.7 Å². The second-order valence-electron chi connectivity index (χ2n) is 6.62. The number of carbonyl (C=O) groups excluding carboxylic acids is 1. The Hall–Kier alpha value is -1.55. The van der Waals surface area contributed by atoms with Gasteiger partial charge < -0.3 is 14.7 Å². The van der Waals surface area contributed by atoms with Crippen molar-refractivity contribution in [3.63, 3.8) is 0 Å². The van der Waals surface area contributed by atoms with E-state index in [-0.39, 0.29) is 6.03 Å². The van der Waals surface area contributed by atoms with E-state index in [1.807, 2.05) is 4.90 Å². The largest absolute Gasteiger partial charge is 0.324 e. The molecule has 0 N–H and O–H groups in total. The number of nitrogens with zero attached hydrogens (tertiary/aromatic N) is 3. The Balaban J connectivity index is 1.66. The van der Waals surface area contributed by atoms with E-state index >= 15 is 0 Å². The van der Waals surface area contributed by atoms with Crippen LogP contribution in [-0.2, 0) is 0 Å². The summed E-state index contributed by atoms with van der Waals surface area (Å²) in [7, 11) is 2.12. The third kappa shape index (κ3) is 3.61. The fourth-order valence-electron chi connectivity index (χ4n) is 3.51. The molecule has 1 aromatic rings. The highest BCUT2D eigenvalue weighted by atomic mass is 16.2. The Morgan fingerprint density at radius 1 is 0.955 bits per heavy atom. The number of rotatable bonds is 1. The lowest BCUT2D eigenvalue weighted by atomic mass is 9.94. The van der Waals surface area contributed by atoms with Gasteiger partial charge in [-0.1, -0.05) is 36.8 Å². The monoisotopic (exact) mass is 301 g/mol. The van der Waals surface area contributed by atoms with Gasteiger partial charge >= 0.3 is 6.03 Å². The molecule has 2 aliphatic rings. The Kier molecular flexibility index (Phi) is 4.98. The predicted octanol–water partition coefficient (Wildman–Crippen LogP) is 2.62. The number of hydrogen-bond donors (Lipinski definition) is 0. The SMILES string of the molecule is CN1CCN(C(=O)N2CCCC[C@@H](c3ccccc3)C2)CC1. The van der Waals surface area contributed by atoms with Gasteiger partial charge in [0.1, 0.15) is 0 Å². The molecule has 2 heterocycles. The average Bonchev–Trinajstić information content (AvgIpc) is 2.82. The first-order valence-corrected chi connectivity index (χ1v) is 8.51. The lowest BCUT2D eigenvalue weighted by Crippen LogP contribution is -2.52. The van der Waals surface area contributed by atoms with Crippen molar-refractivity contribution in [1.29, 1.82) is 0 Å². The van der Waals surface area contributed by atoms with Crippen LogP contribution in [0.4, 0.5) is 4.79 Å². The number of likely N-dealkylation sites (N-methyl/N-ethyl adjacent to an activating group) is 1. The molecule has 3 rings (SSSR count). The first-order valence-electron chi connectivity index (χ1n) is 8.51. The number of benzene rings is 1. The summed E-state index contributed by atoms with van der Waals surface area (Å²) in [6.45, 7) is 5.48. The standard InChI is InChI=1S/C18H27N3O/c1-19-11-13-20(14-12-19)18(22)21-10-6-5-9-17(15-21)16-7-3-2-4-8-16/h2-4,7-8,17H,5-6,9-15H2,1H3/t17-/m1/s1. The van der Waals surface area contributed by atoms with Crippen molar-refractivity contribution in [3.8, 4) is 0 Å².